The van der Waals surface area contributed by atoms with Gasteiger partial charge in [-0.3, -0.25) is 0 Å². The molecule has 0 unspecified atom stereocenters. The predicted octanol–water partition coefficient (Wildman–Crippen LogP) is 2.16. The van der Waals surface area contributed by atoms with Crippen LogP contribution in [0.2, 0.25) is 0 Å². The van der Waals surface area contributed by atoms with Gasteiger partial charge in [-0.1, -0.05) is 13.8 Å². The van der Waals surface area contributed by atoms with E-state index < -0.39 is 0 Å². The summed E-state index contributed by atoms with van der Waals surface area (Å²) in [6, 6.07) is 0. The van der Waals surface area contributed by atoms with Gasteiger partial charge in [-0.2, -0.15) is 0 Å². The van der Waals surface area contributed by atoms with E-state index in [1.165, 1.54) is 0 Å². The molecule has 1 heterocycles. The zero-order chi connectivity index (χ0) is 9.14. The number of halogens is 1. The van der Waals surface area contributed by atoms with E-state index in [0.717, 1.165) is 18.2 Å². The van der Waals surface area contributed by atoms with Crippen LogP contribution in [0.25, 0.3) is 0 Å². The summed E-state index contributed by atoms with van der Waals surface area (Å²) >= 11 is 5.71. The zero-order valence-electron chi connectivity index (χ0n) is 7.71. The van der Waals surface area contributed by atoms with Crippen LogP contribution in [0.4, 0.5) is 0 Å². The lowest BCUT2D eigenvalue weighted by Gasteiger charge is -2.07. The van der Waals surface area contributed by atoms with Crippen LogP contribution < -0.4 is 0 Å². The first-order valence-electron chi connectivity index (χ1n) is 4.18. The van der Waals surface area contributed by atoms with Gasteiger partial charge in [0.05, 0.1) is 5.88 Å². The Morgan fingerprint density at radius 1 is 1.42 bits per heavy atom. The van der Waals surface area contributed by atoms with Crippen LogP contribution in [-0.2, 0) is 12.4 Å². The highest BCUT2D eigenvalue weighted by Gasteiger charge is 2.11. The van der Waals surface area contributed by atoms with Crippen molar-refractivity contribution in [2.75, 3.05) is 0 Å². The highest BCUT2D eigenvalue weighted by molar-refractivity contribution is 6.16. The SMILES string of the molecule is CCn1c(CCl)nnc1C(C)C. The molecule has 0 N–H and O–H groups in total. The molecule has 0 aliphatic rings. The Hall–Kier alpha value is -0.570. The van der Waals surface area contributed by atoms with Crippen LogP contribution in [0, 0.1) is 0 Å². The van der Waals surface area contributed by atoms with Crippen molar-refractivity contribution < 1.29 is 0 Å². The standard InChI is InChI=1S/C8H14ClN3/c1-4-12-7(5-9)10-11-8(12)6(2)3/h6H,4-5H2,1-3H3. The maximum absolute atomic E-state index is 5.71. The molecule has 1 aromatic rings. The second kappa shape index (κ2) is 3.90. The van der Waals surface area contributed by atoms with Gasteiger partial charge in [-0.05, 0) is 6.92 Å². The van der Waals surface area contributed by atoms with E-state index in [0.29, 0.717) is 11.8 Å². The normalized spacial score (nSPS) is 11.1. The lowest BCUT2D eigenvalue weighted by atomic mass is 10.2. The Labute approximate surface area is 77.8 Å². The molecule has 68 valence electrons. The Morgan fingerprint density at radius 3 is 2.50 bits per heavy atom. The molecular formula is C8H14ClN3. The Kier molecular flexibility index (Phi) is 3.09. The number of hydrogen-bond acceptors (Lipinski definition) is 2. The first-order valence-corrected chi connectivity index (χ1v) is 4.72. The fraction of sp³-hybridized carbons (Fsp3) is 0.750. The summed E-state index contributed by atoms with van der Waals surface area (Å²) < 4.78 is 2.07. The van der Waals surface area contributed by atoms with Crippen LogP contribution in [0.5, 0.6) is 0 Å². The summed E-state index contributed by atoms with van der Waals surface area (Å²) in [5.74, 6) is 2.73. The molecule has 0 radical (unpaired) electrons. The molecular weight excluding hydrogens is 174 g/mol. The average Bonchev–Trinajstić information content (AvgIpc) is 2.46. The van der Waals surface area contributed by atoms with Crippen molar-refractivity contribution in [3.8, 4) is 0 Å². The molecule has 0 aliphatic heterocycles. The maximum atomic E-state index is 5.71. The highest BCUT2D eigenvalue weighted by atomic mass is 35.5. The summed E-state index contributed by atoms with van der Waals surface area (Å²) in [5.41, 5.74) is 0. The van der Waals surface area contributed by atoms with Crippen LogP contribution in [0.3, 0.4) is 0 Å². The fourth-order valence-corrected chi connectivity index (χ4v) is 1.42. The van der Waals surface area contributed by atoms with Crippen molar-refractivity contribution >= 4 is 11.6 Å². The molecule has 0 saturated carbocycles. The van der Waals surface area contributed by atoms with E-state index >= 15 is 0 Å². The molecule has 4 heteroatoms. The molecule has 0 saturated heterocycles. The second-order valence-electron chi connectivity index (χ2n) is 3.01. The summed E-state index contributed by atoms with van der Waals surface area (Å²) in [6.45, 7) is 7.18. The molecule has 1 aromatic heterocycles. The van der Waals surface area contributed by atoms with E-state index in [1.54, 1.807) is 0 Å². The lowest BCUT2D eigenvalue weighted by Crippen LogP contribution is -2.06. The van der Waals surface area contributed by atoms with Crippen molar-refractivity contribution in [2.45, 2.75) is 39.1 Å². The third-order valence-corrected chi connectivity index (χ3v) is 2.05. The molecule has 0 amide bonds. The van der Waals surface area contributed by atoms with Crippen LogP contribution in [0.15, 0.2) is 0 Å². The Bertz CT molecular complexity index is 255. The van der Waals surface area contributed by atoms with Crippen molar-refractivity contribution in [1.29, 1.82) is 0 Å². The largest absolute Gasteiger partial charge is 0.314 e. The van der Waals surface area contributed by atoms with E-state index in [2.05, 4.69) is 35.5 Å². The van der Waals surface area contributed by atoms with Gasteiger partial charge in [0.2, 0.25) is 0 Å². The minimum absolute atomic E-state index is 0.411. The topological polar surface area (TPSA) is 30.7 Å². The summed E-state index contributed by atoms with van der Waals surface area (Å²) in [4.78, 5) is 0. The minimum atomic E-state index is 0.411. The summed E-state index contributed by atoms with van der Waals surface area (Å²) in [6.07, 6.45) is 0. The molecule has 0 atom stereocenters. The third-order valence-electron chi connectivity index (χ3n) is 1.81. The predicted molar refractivity (Wildman–Crippen MR) is 49.3 cm³/mol. The summed E-state index contributed by atoms with van der Waals surface area (Å²) in [7, 11) is 0. The van der Waals surface area contributed by atoms with Crippen LogP contribution in [0.1, 0.15) is 38.3 Å². The molecule has 0 aromatic carbocycles. The first kappa shape index (κ1) is 9.52. The fourth-order valence-electron chi connectivity index (χ4n) is 1.22. The Morgan fingerprint density at radius 2 is 2.08 bits per heavy atom. The van der Waals surface area contributed by atoms with E-state index in [1.807, 2.05) is 0 Å². The number of alkyl halides is 1. The van der Waals surface area contributed by atoms with E-state index in [9.17, 15) is 0 Å². The number of nitrogens with zero attached hydrogens (tertiary/aromatic N) is 3. The van der Waals surface area contributed by atoms with E-state index in [4.69, 9.17) is 11.6 Å². The minimum Gasteiger partial charge on any atom is -0.314 e. The zero-order valence-corrected chi connectivity index (χ0v) is 8.47. The van der Waals surface area contributed by atoms with Crippen molar-refractivity contribution in [3.63, 3.8) is 0 Å². The van der Waals surface area contributed by atoms with Crippen LogP contribution in [-0.4, -0.2) is 14.8 Å². The van der Waals surface area contributed by atoms with Gasteiger partial charge in [0, 0.05) is 12.5 Å². The van der Waals surface area contributed by atoms with Gasteiger partial charge in [0.25, 0.3) is 0 Å². The lowest BCUT2D eigenvalue weighted by molar-refractivity contribution is 0.637. The molecule has 12 heavy (non-hydrogen) atoms. The monoisotopic (exact) mass is 187 g/mol. The average molecular weight is 188 g/mol. The quantitative estimate of drug-likeness (QED) is 0.679. The molecule has 0 bridgehead atoms. The maximum Gasteiger partial charge on any atom is 0.147 e. The third kappa shape index (κ3) is 1.61. The molecule has 1 rings (SSSR count). The van der Waals surface area contributed by atoms with Gasteiger partial charge in [0.15, 0.2) is 0 Å². The molecule has 0 aliphatic carbocycles. The molecule has 3 nitrogen and oxygen atoms in total. The van der Waals surface area contributed by atoms with Gasteiger partial charge < -0.3 is 4.57 Å². The van der Waals surface area contributed by atoms with Crippen molar-refractivity contribution in [1.82, 2.24) is 14.8 Å². The Balaban J connectivity index is 3.05. The van der Waals surface area contributed by atoms with Gasteiger partial charge in [-0.25, -0.2) is 0 Å². The molecule has 0 spiro atoms. The van der Waals surface area contributed by atoms with Crippen molar-refractivity contribution in [3.05, 3.63) is 11.6 Å². The van der Waals surface area contributed by atoms with Crippen molar-refractivity contribution in [2.24, 2.45) is 0 Å². The highest BCUT2D eigenvalue weighted by Crippen LogP contribution is 2.13. The van der Waals surface area contributed by atoms with Gasteiger partial charge in [0.1, 0.15) is 11.6 Å². The van der Waals surface area contributed by atoms with Crippen LogP contribution >= 0.6 is 11.6 Å². The van der Waals surface area contributed by atoms with E-state index in [-0.39, 0.29) is 0 Å². The number of aromatic nitrogens is 3. The smallest absolute Gasteiger partial charge is 0.147 e. The summed E-state index contributed by atoms with van der Waals surface area (Å²) in [5, 5.41) is 8.09. The first-order chi connectivity index (χ1) is 5.70. The number of rotatable bonds is 3. The van der Waals surface area contributed by atoms with Gasteiger partial charge in [-0.15, -0.1) is 21.8 Å². The second-order valence-corrected chi connectivity index (χ2v) is 3.27. The van der Waals surface area contributed by atoms with Gasteiger partial charge >= 0.3 is 0 Å². The molecule has 0 fully saturated rings. The number of hydrogen-bond donors (Lipinski definition) is 0.